The van der Waals surface area contributed by atoms with E-state index in [0.29, 0.717) is 17.5 Å². The fraction of sp³-hybridized carbons (Fsp3) is 0. The number of hydrogen-bond acceptors (Lipinski definition) is 3. The van der Waals surface area contributed by atoms with Gasteiger partial charge in [-0.1, -0.05) is 200 Å². The minimum Gasteiger partial charge on any atom is -0.208 e. The Morgan fingerprint density at radius 3 is 1.09 bits per heavy atom. The van der Waals surface area contributed by atoms with E-state index in [-0.39, 0.29) is 0 Å². The molecule has 3 nitrogen and oxygen atoms in total. The standard InChI is InChI=1S/C55H37N3/c1-3-17-39(18-4-1)53-56-54(40-19-5-2-6-20-40)58-55(57-53)48-29-14-27-46(37-48)44-25-12-23-42(35-44)41-22-11-24-43(34-41)45-26-13-28-47(36-45)50-31-9-10-32-51(50)52-33-15-21-38-16-7-8-30-49(38)52/h1-37H. The molecule has 0 N–H and O–H groups in total. The molecule has 0 fully saturated rings. The summed E-state index contributed by atoms with van der Waals surface area (Å²) in [5.74, 6) is 1.94. The highest BCUT2D eigenvalue weighted by Crippen LogP contribution is 2.38. The highest BCUT2D eigenvalue weighted by molar-refractivity contribution is 6.00. The van der Waals surface area contributed by atoms with Crippen LogP contribution < -0.4 is 0 Å². The molecule has 0 saturated carbocycles. The first-order chi connectivity index (χ1) is 28.7. The van der Waals surface area contributed by atoms with Crippen molar-refractivity contribution in [3.05, 3.63) is 224 Å². The van der Waals surface area contributed by atoms with Gasteiger partial charge in [-0.3, -0.25) is 0 Å². The topological polar surface area (TPSA) is 38.7 Å². The van der Waals surface area contributed by atoms with Gasteiger partial charge in [0.2, 0.25) is 0 Å². The van der Waals surface area contributed by atoms with Crippen LogP contribution in [0.5, 0.6) is 0 Å². The fourth-order valence-electron chi connectivity index (χ4n) is 7.83. The van der Waals surface area contributed by atoms with Gasteiger partial charge in [0, 0.05) is 16.7 Å². The van der Waals surface area contributed by atoms with E-state index in [0.717, 1.165) is 38.9 Å². The van der Waals surface area contributed by atoms with Crippen molar-refractivity contribution in [1.29, 1.82) is 0 Å². The number of nitrogens with zero attached hydrogens (tertiary/aromatic N) is 3. The molecule has 10 aromatic rings. The summed E-state index contributed by atoms with van der Waals surface area (Å²) in [5.41, 5.74) is 14.6. The van der Waals surface area contributed by atoms with Gasteiger partial charge in [-0.2, -0.15) is 0 Å². The minimum atomic E-state index is 0.639. The van der Waals surface area contributed by atoms with Gasteiger partial charge in [0.25, 0.3) is 0 Å². The lowest BCUT2D eigenvalue weighted by atomic mass is 9.90. The zero-order chi connectivity index (χ0) is 38.7. The maximum atomic E-state index is 4.97. The molecule has 3 heteroatoms. The van der Waals surface area contributed by atoms with E-state index in [4.69, 9.17) is 15.0 Å². The van der Waals surface area contributed by atoms with Crippen molar-refractivity contribution in [3.8, 4) is 89.8 Å². The van der Waals surface area contributed by atoms with Crippen LogP contribution in [0.2, 0.25) is 0 Å². The number of rotatable bonds is 8. The Labute approximate surface area is 338 Å². The van der Waals surface area contributed by atoms with Crippen molar-refractivity contribution in [2.24, 2.45) is 0 Å². The number of hydrogen-bond donors (Lipinski definition) is 0. The van der Waals surface area contributed by atoms with Crippen LogP contribution in [0, 0.1) is 0 Å². The molecule has 0 spiro atoms. The molecule has 0 unspecified atom stereocenters. The smallest absolute Gasteiger partial charge is 0.164 e. The molecule has 10 rings (SSSR count). The average Bonchev–Trinajstić information content (AvgIpc) is 3.32. The lowest BCUT2D eigenvalue weighted by Crippen LogP contribution is -2.00. The Hall–Kier alpha value is -7.75. The number of fused-ring (bicyclic) bond motifs is 1. The van der Waals surface area contributed by atoms with E-state index in [2.05, 4.69) is 164 Å². The second-order valence-corrected chi connectivity index (χ2v) is 14.4. The van der Waals surface area contributed by atoms with Crippen molar-refractivity contribution in [3.63, 3.8) is 0 Å². The predicted molar refractivity (Wildman–Crippen MR) is 241 cm³/mol. The van der Waals surface area contributed by atoms with Gasteiger partial charge in [-0.05, 0) is 90.7 Å². The second kappa shape index (κ2) is 15.4. The zero-order valence-corrected chi connectivity index (χ0v) is 31.7. The molecule has 58 heavy (non-hydrogen) atoms. The molecule has 0 aliphatic heterocycles. The van der Waals surface area contributed by atoms with Crippen LogP contribution in [0.4, 0.5) is 0 Å². The van der Waals surface area contributed by atoms with Crippen LogP contribution in [0.15, 0.2) is 224 Å². The first-order valence-electron chi connectivity index (χ1n) is 19.6. The van der Waals surface area contributed by atoms with Crippen molar-refractivity contribution in [1.82, 2.24) is 15.0 Å². The molecule has 0 amide bonds. The van der Waals surface area contributed by atoms with Crippen LogP contribution in [-0.2, 0) is 0 Å². The summed E-state index contributed by atoms with van der Waals surface area (Å²) < 4.78 is 0. The summed E-state index contributed by atoms with van der Waals surface area (Å²) in [6, 6.07) is 79.1. The fourth-order valence-corrected chi connectivity index (χ4v) is 7.83. The Balaban J connectivity index is 0.977. The number of aromatic nitrogens is 3. The molecule has 0 aliphatic carbocycles. The molecule has 0 aliphatic rings. The van der Waals surface area contributed by atoms with Gasteiger partial charge in [0.15, 0.2) is 17.5 Å². The Morgan fingerprint density at radius 1 is 0.207 bits per heavy atom. The molecular formula is C55H37N3. The Bertz CT molecular complexity index is 3000. The first-order valence-corrected chi connectivity index (χ1v) is 19.6. The van der Waals surface area contributed by atoms with Crippen LogP contribution in [0.3, 0.4) is 0 Å². The van der Waals surface area contributed by atoms with Gasteiger partial charge in [0.1, 0.15) is 0 Å². The highest BCUT2D eigenvalue weighted by atomic mass is 15.0. The van der Waals surface area contributed by atoms with Gasteiger partial charge in [-0.15, -0.1) is 0 Å². The zero-order valence-electron chi connectivity index (χ0n) is 31.7. The lowest BCUT2D eigenvalue weighted by molar-refractivity contribution is 1.07. The van der Waals surface area contributed by atoms with Crippen LogP contribution in [-0.4, -0.2) is 15.0 Å². The van der Waals surface area contributed by atoms with Gasteiger partial charge >= 0.3 is 0 Å². The number of benzene rings is 9. The van der Waals surface area contributed by atoms with E-state index in [1.54, 1.807) is 0 Å². The molecule has 0 atom stereocenters. The summed E-state index contributed by atoms with van der Waals surface area (Å²) in [6.07, 6.45) is 0. The van der Waals surface area contributed by atoms with Crippen LogP contribution in [0.25, 0.3) is 101 Å². The summed E-state index contributed by atoms with van der Waals surface area (Å²) in [6.45, 7) is 0. The largest absolute Gasteiger partial charge is 0.208 e. The van der Waals surface area contributed by atoms with Gasteiger partial charge in [-0.25, -0.2) is 15.0 Å². The summed E-state index contributed by atoms with van der Waals surface area (Å²) >= 11 is 0. The van der Waals surface area contributed by atoms with E-state index in [1.807, 2.05) is 60.7 Å². The van der Waals surface area contributed by atoms with Crippen molar-refractivity contribution in [2.75, 3.05) is 0 Å². The Kier molecular flexibility index (Phi) is 9.23. The Morgan fingerprint density at radius 2 is 0.534 bits per heavy atom. The quantitative estimate of drug-likeness (QED) is 0.156. The SMILES string of the molecule is c1ccc(-c2nc(-c3ccccc3)nc(-c3cccc(-c4cccc(-c5cccc(-c6cccc(-c7ccccc7-c7cccc8ccccc78)c6)c5)c4)c3)n2)cc1. The molecule has 9 aromatic carbocycles. The van der Waals surface area contributed by atoms with E-state index in [1.165, 1.54) is 44.2 Å². The van der Waals surface area contributed by atoms with E-state index >= 15 is 0 Å². The van der Waals surface area contributed by atoms with Crippen molar-refractivity contribution >= 4 is 10.8 Å². The molecule has 1 aromatic heterocycles. The third-order valence-corrected chi connectivity index (χ3v) is 10.7. The molecule has 0 radical (unpaired) electrons. The molecule has 272 valence electrons. The predicted octanol–water partition coefficient (Wildman–Crippen LogP) is 14.4. The second-order valence-electron chi connectivity index (χ2n) is 14.4. The molecule has 0 saturated heterocycles. The van der Waals surface area contributed by atoms with E-state index < -0.39 is 0 Å². The monoisotopic (exact) mass is 739 g/mol. The maximum absolute atomic E-state index is 4.97. The summed E-state index contributed by atoms with van der Waals surface area (Å²) in [5, 5.41) is 2.50. The van der Waals surface area contributed by atoms with E-state index in [9.17, 15) is 0 Å². The van der Waals surface area contributed by atoms with Crippen molar-refractivity contribution < 1.29 is 0 Å². The lowest BCUT2D eigenvalue weighted by Gasteiger charge is -2.14. The van der Waals surface area contributed by atoms with Gasteiger partial charge < -0.3 is 0 Å². The minimum absolute atomic E-state index is 0.639. The maximum Gasteiger partial charge on any atom is 0.164 e. The molecule has 0 bridgehead atoms. The third-order valence-electron chi connectivity index (χ3n) is 10.7. The normalized spacial score (nSPS) is 11.1. The average molecular weight is 740 g/mol. The van der Waals surface area contributed by atoms with Crippen molar-refractivity contribution in [2.45, 2.75) is 0 Å². The first kappa shape index (κ1) is 34.7. The molecule has 1 heterocycles. The van der Waals surface area contributed by atoms with Gasteiger partial charge in [0.05, 0.1) is 0 Å². The highest BCUT2D eigenvalue weighted by Gasteiger charge is 2.14. The molecular weight excluding hydrogens is 703 g/mol. The van der Waals surface area contributed by atoms with Crippen LogP contribution in [0.1, 0.15) is 0 Å². The summed E-state index contributed by atoms with van der Waals surface area (Å²) in [4.78, 5) is 14.8. The third kappa shape index (κ3) is 6.98. The summed E-state index contributed by atoms with van der Waals surface area (Å²) in [7, 11) is 0. The van der Waals surface area contributed by atoms with Crippen LogP contribution >= 0.6 is 0 Å².